The van der Waals surface area contributed by atoms with Crippen molar-refractivity contribution in [2.24, 2.45) is 0 Å². The molecule has 0 bridgehead atoms. The van der Waals surface area contributed by atoms with Crippen molar-refractivity contribution in [3.8, 4) is 11.5 Å². The van der Waals surface area contributed by atoms with Gasteiger partial charge in [-0.1, -0.05) is 5.16 Å². The zero-order valence-electron chi connectivity index (χ0n) is 9.88. The number of rotatable bonds is 4. The number of carbonyl (C=O) groups excluding carboxylic acids is 1. The summed E-state index contributed by atoms with van der Waals surface area (Å²) in [6, 6.07) is 6.81. The third-order valence-electron chi connectivity index (χ3n) is 2.32. The lowest BCUT2D eigenvalue weighted by Gasteiger charge is -2.03. The molecule has 1 aromatic carbocycles. The molecule has 0 saturated heterocycles. The molecule has 0 unspecified atom stereocenters. The summed E-state index contributed by atoms with van der Waals surface area (Å²) in [6.07, 6.45) is 0. The van der Waals surface area contributed by atoms with Gasteiger partial charge in [-0.15, -0.1) is 0 Å². The predicted octanol–water partition coefficient (Wildman–Crippen LogP) is 0.767. The van der Waals surface area contributed by atoms with Crippen molar-refractivity contribution < 1.29 is 14.4 Å². The Morgan fingerprint density at radius 2 is 2.11 bits per heavy atom. The zero-order valence-corrected chi connectivity index (χ0v) is 9.88. The van der Waals surface area contributed by atoms with E-state index in [9.17, 15) is 4.79 Å². The maximum Gasteiger partial charge on any atom is 0.257 e. The number of hydrogen-bond donors (Lipinski definition) is 2. The number of nitrogens with zero attached hydrogens (tertiary/aromatic N) is 2. The maximum atomic E-state index is 11.6. The molecule has 0 spiro atoms. The fourth-order valence-corrected chi connectivity index (χ4v) is 1.45. The smallest absolute Gasteiger partial charge is 0.257 e. The molecule has 6 heteroatoms. The van der Waals surface area contributed by atoms with Crippen LogP contribution in [0.2, 0.25) is 0 Å². The van der Waals surface area contributed by atoms with Gasteiger partial charge < -0.3 is 14.9 Å². The average Bonchev–Trinajstić information content (AvgIpc) is 2.83. The van der Waals surface area contributed by atoms with Crippen LogP contribution in [0.1, 0.15) is 16.2 Å². The number of aliphatic hydroxyl groups excluding tert-OH is 1. The van der Waals surface area contributed by atoms with E-state index in [1.165, 1.54) is 0 Å². The van der Waals surface area contributed by atoms with Crippen LogP contribution in [0.4, 0.5) is 0 Å². The molecular formula is C12H13N3O3. The summed E-state index contributed by atoms with van der Waals surface area (Å²) in [5, 5.41) is 14.9. The number of aromatic nitrogens is 2. The Kier molecular flexibility index (Phi) is 3.69. The van der Waals surface area contributed by atoms with E-state index >= 15 is 0 Å². The Labute approximate surface area is 104 Å². The van der Waals surface area contributed by atoms with E-state index in [0.29, 0.717) is 17.3 Å². The highest BCUT2D eigenvalue weighted by Crippen LogP contribution is 2.17. The monoisotopic (exact) mass is 247 g/mol. The number of amides is 1. The molecule has 1 heterocycles. The van der Waals surface area contributed by atoms with E-state index in [-0.39, 0.29) is 19.1 Å². The van der Waals surface area contributed by atoms with Crippen molar-refractivity contribution in [3.63, 3.8) is 0 Å². The summed E-state index contributed by atoms with van der Waals surface area (Å²) in [6.45, 7) is 1.90. The van der Waals surface area contributed by atoms with Crippen LogP contribution < -0.4 is 5.32 Å². The fourth-order valence-electron chi connectivity index (χ4n) is 1.45. The highest BCUT2D eigenvalue weighted by molar-refractivity contribution is 5.94. The second kappa shape index (κ2) is 5.42. The Morgan fingerprint density at radius 3 is 2.67 bits per heavy atom. The van der Waals surface area contributed by atoms with Gasteiger partial charge in [0.05, 0.1) is 6.61 Å². The molecule has 0 saturated carbocycles. The molecule has 2 aromatic rings. The van der Waals surface area contributed by atoms with Crippen LogP contribution in [0.15, 0.2) is 28.8 Å². The van der Waals surface area contributed by atoms with Crippen molar-refractivity contribution in [1.29, 1.82) is 0 Å². The van der Waals surface area contributed by atoms with Gasteiger partial charge in [-0.3, -0.25) is 4.79 Å². The normalized spacial score (nSPS) is 10.3. The first kappa shape index (κ1) is 12.3. The van der Waals surface area contributed by atoms with E-state index in [1.54, 1.807) is 31.2 Å². The topological polar surface area (TPSA) is 88.2 Å². The fraction of sp³-hybridized carbons (Fsp3) is 0.250. The van der Waals surface area contributed by atoms with Crippen LogP contribution in [-0.4, -0.2) is 34.3 Å². The summed E-state index contributed by atoms with van der Waals surface area (Å²) in [5.74, 6) is 0.766. The minimum absolute atomic E-state index is 0.0783. The Morgan fingerprint density at radius 1 is 1.39 bits per heavy atom. The van der Waals surface area contributed by atoms with Crippen LogP contribution in [-0.2, 0) is 0 Å². The number of aryl methyl sites for hydroxylation is 1. The third kappa shape index (κ3) is 2.72. The van der Waals surface area contributed by atoms with Gasteiger partial charge in [0, 0.05) is 17.7 Å². The van der Waals surface area contributed by atoms with E-state index < -0.39 is 0 Å². The first-order valence-corrected chi connectivity index (χ1v) is 5.50. The van der Waals surface area contributed by atoms with Crippen molar-refractivity contribution in [1.82, 2.24) is 15.5 Å². The molecule has 94 valence electrons. The van der Waals surface area contributed by atoms with Gasteiger partial charge >= 0.3 is 0 Å². The van der Waals surface area contributed by atoms with Crippen molar-refractivity contribution >= 4 is 5.91 Å². The quantitative estimate of drug-likeness (QED) is 0.833. The van der Waals surface area contributed by atoms with Gasteiger partial charge in [-0.25, -0.2) is 0 Å². The molecule has 2 N–H and O–H groups in total. The molecule has 2 rings (SSSR count). The number of aliphatic hydroxyl groups is 1. The summed E-state index contributed by atoms with van der Waals surface area (Å²) >= 11 is 0. The third-order valence-corrected chi connectivity index (χ3v) is 2.32. The minimum atomic E-state index is -0.225. The summed E-state index contributed by atoms with van der Waals surface area (Å²) < 4.78 is 5.02. The van der Waals surface area contributed by atoms with E-state index in [0.717, 1.165) is 5.56 Å². The number of hydrogen-bond acceptors (Lipinski definition) is 5. The molecular weight excluding hydrogens is 234 g/mol. The molecule has 0 aliphatic heterocycles. The maximum absolute atomic E-state index is 11.6. The molecule has 18 heavy (non-hydrogen) atoms. The Balaban J connectivity index is 2.12. The molecule has 1 amide bonds. The van der Waals surface area contributed by atoms with Crippen LogP contribution in [0.25, 0.3) is 11.5 Å². The molecule has 0 atom stereocenters. The summed E-state index contributed by atoms with van der Waals surface area (Å²) in [5.41, 5.74) is 1.28. The van der Waals surface area contributed by atoms with Crippen molar-refractivity contribution in [2.75, 3.05) is 13.2 Å². The molecule has 1 aromatic heterocycles. The summed E-state index contributed by atoms with van der Waals surface area (Å²) in [4.78, 5) is 15.7. The average molecular weight is 247 g/mol. The first-order valence-electron chi connectivity index (χ1n) is 5.50. The standard InChI is InChI=1S/C12H13N3O3/c1-8-14-12(18-15-8)10-4-2-9(3-5-10)11(17)13-6-7-16/h2-5,16H,6-7H2,1H3,(H,13,17). The van der Waals surface area contributed by atoms with Crippen LogP contribution >= 0.6 is 0 Å². The van der Waals surface area contributed by atoms with Crippen molar-refractivity contribution in [3.05, 3.63) is 35.7 Å². The molecule has 6 nitrogen and oxygen atoms in total. The lowest BCUT2D eigenvalue weighted by atomic mass is 10.1. The molecule has 0 fully saturated rings. The van der Waals surface area contributed by atoms with Gasteiger partial charge in [-0.05, 0) is 31.2 Å². The van der Waals surface area contributed by atoms with Crippen LogP contribution in [0, 0.1) is 6.92 Å². The second-order valence-electron chi connectivity index (χ2n) is 3.70. The van der Waals surface area contributed by atoms with Gasteiger partial charge in [0.25, 0.3) is 11.8 Å². The molecule has 0 aliphatic carbocycles. The lowest BCUT2D eigenvalue weighted by molar-refractivity contribution is 0.0945. The van der Waals surface area contributed by atoms with Gasteiger partial charge in [-0.2, -0.15) is 4.98 Å². The molecule has 0 aliphatic rings. The Hall–Kier alpha value is -2.21. The van der Waals surface area contributed by atoms with E-state index in [1.807, 2.05) is 0 Å². The largest absolute Gasteiger partial charge is 0.395 e. The number of carbonyl (C=O) groups is 1. The highest BCUT2D eigenvalue weighted by Gasteiger charge is 2.08. The van der Waals surface area contributed by atoms with Crippen molar-refractivity contribution in [2.45, 2.75) is 6.92 Å². The van der Waals surface area contributed by atoms with Gasteiger partial charge in [0.2, 0.25) is 0 Å². The number of benzene rings is 1. The zero-order chi connectivity index (χ0) is 13.0. The molecule has 0 radical (unpaired) electrons. The lowest BCUT2D eigenvalue weighted by Crippen LogP contribution is -2.26. The number of nitrogens with one attached hydrogen (secondary N) is 1. The predicted molar refractivity (Wildman–Crippen MR) is 63.9 cm³/mol. The minimum Gasteiger partial charge on any atom is -0.395 e. The highest BCUT2D eigenvalue weighted by atomic mass is 16.5. The van der Waals surface area contributed by atoms with Crippen LogP contribution in [0.5, 0.6) is 0 Å². The van der Waals surface area contributed by atoms with E-state index in [4.69, 9.17) is 9.63 Å². The van der Waals surface area contributed by atoms with Gasteiger partial charge in [0.1, 0.15) is 0 Å². The Bertz CT molecular complexity index is 534. The van der Waals surface area contributed by atoms with E-state index in [2.05, 4.69) is 15.5 Å². The second-order valence-corrected chi connectivity index (χ2v) is 3.70. The summed E-state index contributed by atoms with van der Waals surface area (Å²) in [7, 11) is 0. The van der Waals surface area contributed by atoms with Crippen LogP contribution in [0.3, 0.4) is 0 Å². The van der Waals surface area contributed by atoms with Gasteiger partial charge in [0.15, 0.2) is 5.82 Å². The first-order chi connectivity index (χ1) is 8.70. The SMILES string of the molecule is Cc1noc(-c2ccc(C(=O)NCCO)cc2)n1.